The van der Waals surface area contributed by atoms with E-state index < -0.39 is 0 Å². The van der Waals surface area contributed by atoms with Crippen molar-refractivity contribution in [1.82, 2.24) is 19.6 Å². The summed E-state index contributed by atoms with van der Waals surface area (Å²) in [5.74, 6) is 1.27. The number of aromatic nitrogens is 4. The molecule has 0 saturated heterocycles. The number of nitrogens with zero attached hydrogens (tertiary/aromatic N) is 4. The monoisotopic (exact) mass is 446 g/mol. The van der Waals surface area contributed by atoms with E-state index in [9.17, 15) is 0 Å². The van der Waals surface area contributed by atoms with Crippen molar-refractivity contribution in [2.24, 2.45) is 5.73 Å². The molecule has 1 aliphatic rings. The molecule has 0 bridgehead atoms. The lowest BCUT2D eigenvalue weighted by Gasteiger charge is -2.38. The van der Waals surface area contributed by atoms with Crippen LogP contribution >= 0.6 is 0 Å². The molecule has 6 nitrogen and oxygen atoms in total. The van der Waals surface area contributed by atoms with Gasteiger partial charge < -0.3 is 11.1 Å². The van der Waals surface area contributed by atoms with E-state index in [2.05, 4.69) is 51.8 Å². The zero-order valence-electron chi connectivity index (χ0n) is 18.9. The van der Waals surface area contributed by atoms with E-state index in [0.717, 1.165) is 40.9 Å². The largest absolute Gasteiger partial charge is 0.378 e. The number of fused-ring (bicyclic) bond motifs is 1. The quantitative estimate of drug-likeness (QED) is 0.365. The van der Waals surface area contributed by atoms with Gasteiger partial charge in [0.25, 0.3) is 5.78 Å². The van der Waals surface area contributed by atoms with Gasteiger partial charge in [-0.2, -0.15) is 4.98 Å². The minimum atomic E-state index is -0.175. The van der Waals surface area contributed by atoms with Gasteiger partial charge in [0.15, 0.2) is 5.82 Å². The molecule has 1 saturated carbocycles. The lowest BCUT2D eigenvalue weighted by molar-refractivity contribution is 0.253. The third kappa shape index (κ3) is 3.82. The summed E-state index contributed by atoms with van der Waals surface area (Å²) >= 11 is 0. The maximum Gasteiger partial charge on any atom is 0.253 e. The summed E-state index contributed by atoms with van der Waals surface area (Å²) in [6, 6.07) is 28.9. The molecule has 34 heavy (non-hydrogen) atoms. The van der Waals surface area contributed by atoms with Crippen LogP contribution in [0.2, 0.25) is 0 Å². The number of nitrogens with two attached hydrogens (primary N) is 1. The third-order valence-electron chi connectivity index (χ3n) is 6.66. The van der Waals surface area contributed by atoms with Crippen molar-refractivity contribution in [1.29, 1.82) is 0 Å². The molecule has 2 heterocycles. The summed E-state index contributed by atoms with van der Waals surface area (Å²) < 4.78 is 1.77. The molecule has 0 spiro atoms. The Labute approximate surface area is 198 Å². The smallest absolute Gasteiger partial charge is 0.253 e. The van der Waals surface area contributed by atoms with Crippen molar-refractivity contribution < 1.29 is 0 Å². The van der Waals surface area contributed by atoms with Crippen LogP contribution in [-0.4, -0.2) is 19.6 Å². The Morgan fingerprint density at radius 3 is 2.21 bits per heavy atom. The molecule has 6 heteroatoms. The average molecular weight is 447 g/mol. The first-order chi connectivity index (χ1) is 16.7. The highest BCUT2D eigenvalue weighted by Crippen LogP contribution is 2.39. The van der Waals surface area contributed by atoms with Gasteiger partial charge in [0.1, 0.15) is 0 Å². The first kappa shape index (κ1) is 20.6. The Balaban J connectivity index is 1.39. The molecule has 3 aromatic carbocycles. The highest BCUT2D eigenvalue weighted by Gasteiger charge is 2.34. The van der Waals surface area contributed by atoms with Crippen molar-refractivity contribution >= 4 is 11.5 Å². The van der Waals surface area contributed by atoms with Gasteiger partial charge >= 0.3 is 0 Å². The molecular formula is C28H26N6. The van der Waals surface area contributed by atoms with Gasteiger partial charge in [-0.15, -0.1) is 5.10 Å². The number of para-hydroxylation sites is 1. The normalized spacial score (nSPS) is 14.6. The maximum absolute atomic E-state index is 6.54. The predicted molar refractivity (Wildman–Crippen MR) is 135 cm³/mol. The Morgan fingerprint density at radius 1 is 0.824 bits per heavy atom. The number of anilines is 1. The lowest BCUT2D eigenvalue weighted by Crippen LogP contribution is -2.43. The van der Waals surface area contributed by atoms with Crippen LogP contribution in [0.4, 0.5) is 5.69 Å². The van der Waals surface area contributed by atoms with E-state index in [0.29, 0.717) is 18.1 Å². The van der Waals surface area contributed by atoms with Gasteiger partial charge in [-0.25, -0.2) is 9.50 Å². The average Bonchev–Trinajstić information content (AvgIpc) is 3.28. The fourth-order valence-corrected chi connectivity index (χ4v) is 4.53. The van der Waals surface area contributed by atoms with Crippen molar-refractivity contribution in [3.05, 3.63) is 103 Å². The molecule has 0 atom stereocenters. The summed E-state index contributed by atoms with van der Waals surface area (Å²) in [5, 5.41) is 8.05. The van der Waals surface area contributed by atoms with Gasteiger partial charge in [-0.3, -0.25) is 0 Å². The number of benzene rings is 3. The van der Waals surface area contributed by atoms with Gasteiger partial charge in [-0.1, -0.05) is 72.8 Å². The standard InChI is InChI=1S/C28H26N6/c29-28(16-7-17-28)22-14-12-21(13-15-22)26-24(20-8-3-1-4-9-20)19-34-27(32-26)31-25(33-34)18-30-23-10-5-2-6-11-23/h1-6,8-15,19,30H,7,16-18,29H2. The molecule has 0 radical (unpaired) electrons. The number of hydrogen-bond donors (Lipinski definition) is 2. The van der Waals surface area contributed by atoms with E-state index in [1.165, 1.54) is 12.0 Å². The Hall–Kier alpha value is -4.03. The van der Waals surface area contributed by atoms with Crippen molar-refractivity contribution in [2.75, 3.05) is 5.32 Å². The zero-order valence-corrected chi connectivity index (χ0v) is 18.9. The number of rotatable bonds is 6. The van der Waals surface area contributed by atoms with Crippen LogP contribution in [0, 0.1) is 0 Å². The molecule has 0 amide bonds. The highest BCUT2D eigenvalue weighted by atomic mass is 15.3. The van der Waals surface area contributed by atoms with Gasteiger partial charge in [0.05, 0.1) is 12.2 Å². The van der Waals surface area contributed by atoms with Crippen molar-refractivity contribution in [3.8, 4) is 22.4 Å². The van der Waals surface area contributed by atoms with Crippen LogP contribution in [0.3, 0.4) is 0 Å². The summed E-state index contributed by atoms with van der Waals surface area (Å²) in [6.45, 7) is 0.524. The number of nitrogens with one attached hydrogen (secondary N) is 1. The summed E-state index contributed by atoms with van der Waals surface area (Å²) in [4.78, 5) is 9.64. The Kier molecular flexibility index (Phi) is 5.08. The van der Waals surface area contributed by atoms with E-state index >= 15 is 0 Å². The van der Waals surface area contributed by atoms with Crippen molar-refractivity contribution in [2.45, 2.75) is 31.3 Å². The van der Waals surface area contributed by atoms with Crippen LogP contribution in [0.5, 0.6) is 0 Å². The topological polar surface area (TPSA) is 81.1 Å². The molecule has 1 aliphatic carbocycles. The molecule has 0 aliphatic heterocycles. The van der Waals surface area contributed by atoms with Crippen LogP contribution in [0.15, 0.2) is 91.1 Å². The molecule has 6 rings (SSSR count). The van der Waals surface area contributed by atoms with Gasteiger partial charge in [-0.05, 0) is 42.5 Å². The SMILES string of the molecule is NC1(c2ccc(-c3nc4nc(CNc5ccccc5)nn4cc3-c3ccccc3)cc2)CCC1. The molecule has 5 aromatic rings. The second-order valence-electron chi connectivity index (χ2n) is 8.95. The second-order valence-corrected chi connectivity index (χ2v) is 8.95. The molecule has 3 N–H and O–H groups in total. The van der Waals surface area contributed by atoms with Gasteiger partial charge in [0, 0.05) is 28.6 Å². The van der Waals surface area contributed by atoms with E-state index in [1.807, 2.05) is 54.7 Å². The van der Waals surface area contributed by atoms with Crippen molar-refractivity contribution in [3.63, 3.8) is 0 Å². The fourth-order valence-electron chi connectivity index (χ4n) is 4.53. The molecule has 168 valence electrons. The van der Waals surface area contributed by atoms with Gasteiger partial charge in [0.2, 0.25) is 0 Å². The first-order valence-corrected chi connectivity index (χ1v) is 11.7. The minimum Gasteiger partial charge on any atom is -0.378 e. The fraction of sp³-hybridized carbons (Fsp3) is 0.179. The number of hydrogen-bond acceptors (Lipinski definition) is 5. The second kappa shape index (κ2) is 8.39. The lowest BCUT2D eigenvalue weighted by atomic mass is 9.72. The Bertz CT molecular complexity index is 1420. The zero-order chi connectivity index (χ0) is 23.0. The van der Waals surface area contributed by atoms with Crippen LogP contribution in [-0.2, 0) is 12.1 Å². The molecule has 1 fully saturated rings. The van der Waals surface area contributed by atoms with Crippen LogP contribution < -0.4 is 11.1 Å². The third-order valence-corrected chi connectivity index (χ3v) is 6.66. The van der Waals surface area contributed by atoms with E-state index in [-0.39, 0.29) is 5.54 Å². The minimum absolute atomic E-state index is 0.175. The summed E-state index contributed by atoms with van der Waals surface area (Å²) in [7, 11) is 0. The highest BCUT2D eigenvalue weighted by molar-refractivity contribution is 5.81. The Morgan fingerprint density at radius 2 is 1.53 bits per heavy atom. The van der Waals surface area contributed by atoms with E-state index in [4.69, 9.17) is 10.7 Å². The molecule has 0 unspecified atom stereocenters. The summed E-state index contributed by atoms with van der Waals surface area (Å²) in [5.41, 5.74) is 12.6. The molecular weight excluding hydrogens is 420 g/mol. The maximum atomic E-state index is 6.54. The molecule has 2 aromatic heterocycles. The first-order valence-electron chi connectivity index (χ1n) is 11.7. The van der Waals surface area contributed by atoms with Crippen LogP contribution in [0.1, 0.15) is 30.7 Å². The van der Waals surface area contributed by atoms with E-state index in [1.54, 1.807) is 4.52 Å². The summed E-state index contributed by atoms with van der Waals surface area (Å²) in [6.07, 6.45) is 5.32. The van der Waals surface area contributed by atoms with Crippen LogP contribution in [0.25, 0.3) is 28.2 Å². The predicted octanol–water partition coefficient (Wildman–Crippen LogP) is 5.41.